The molecule has 0 aliphatic rings. The van der Waals surface area contributed by atoms with Gasteiger partial charge in [-0.1, -0.05) is 23.7 Å². The van der Waals surface area contributed by atoms with Crippen LogP contribution in [0.15, 0.2) is 78.0 Å². The minimum Gasteiger partial charge on any atom is -0.465 e. The number of anilines is 1. The van der Waals surface area contributed by atoms with Gasteiger partial charge in [0, 0.05) is 29.6 Å². The zero-order valence-electron chi connectivity index (χ0n) is 17.1. The van der Waals surface area contributed by atoms with Crippen molar-refractivity contribution in [2.45, 2.75) is 11.4 Å². The van der Waals surface area contributed by atoms with Crippen LogP contribution < -0.4 is 5.32 Å². The van der Waals surface area contributed by atoms with E-state index in [1.807, 2.05) is 0 Å². The fourth-order valence-electron chi connectivity index (χ4n) is 2.84. The number of hydrogen-bond donors (Lipinski definition) is 1. The van der Waals surface area contributed by atoms with E-state index in [2.05, 4.69) is 15.0 Å². The standard InChI is InChI=1S/C22H20ClN3O5S/c1-31-22(28)17-6-10-19(11-7-17)25-21(27)15-26(14-16-4-8-18(23)9-5-16)32(29,30)20-3-2-12-24-13-20/h2-13H,14-15H2,1H3,(H,25,27). The molecule has 0 saturated heterocycles. The van der Waals surface area contributed by atoms with Gasteiger partial charge >= 0.3 is 5.97 Å². The molecule has 0 aliphatic carbocycles. The molecular weight excluding hydrogens is 454 g/mol. The van der Waals surface area contributed by atoms with Crippen molar-refractivity contribution in [3.8, 4) is 0 Å². The number of benzene rings is 2. The monoisotopic (exact) mass is 473 g/mol. The molecule has 0 unspecified atom stereocenters. The number of methoxy groups -OCH3 is 1. The molecule has 10 heteroatoms. The molecule has 166 valence electrons. The number of carbonyl (C=O) groups is 2. The first-order valence-corrected chi connectivity index (χ1v) is 11.2. The van der Waals surface area contributed by atoms with Gasteiger partial charge in [-0.05, 0) is 54.1 Å². The fourth-order valence-corrected chi connectivity index (χ4v) is 4.31. The molecule has 0 atom stereocenters. The number of nitrogens with one attached hydrogen (secondary N) is 1. The van der Waals surface area contributed by atoms with Gasteiger partial charge in [0.25, 0.3) is 0 Å². The highest BCUT2D eigenvalue weighted by Crippen LogP contribution is 2.19. The highest BCUT2D eigenvalue weighted by molar-refractivity contribution is 7.89. The normalized spacial score (nSPS) is 11.2. The first kappa shape index (κ1) is 23.4. The Morgan fingerprint density at radius 2 is 1.75 bits per heavy atom. The van der Waals surface area contributed by atoms with Crippen molar-refractivity contribution in [1.29, 1.82) is 0 Å². The Labute approximate surface area is 190 Å². The SMILES string of the molecule is COC(=O)c1ccc(NC(=O)CN(Cc2ccc(Cl)cc2)S(=O)(=O)c2cccnc2)cc1. The average Bonchev–Trinajstić information content (AvgIpc) is 2.80. The predicted octanol–water partition coefficient (Wildman–Crippen LogP) is 3.35. The summed E-state index contributed by atoms with van der Waals surface area (Å²) >= 11 is 5.92. The molecule has 0 saturated carbocycles. The Hall–Kier alpha value is -3.27. The van der Waals surface area contributed by atoms with Crippen LogP contribution in [0.1, 0.15) is 15.9 Å². The molecule has 1 heterocycles. The smallest absolute Gasteiger partial charge is 0.337 e. The van der Waals surface area contributed by atoms with Gasteiger partial charge < -0.3 is 10.1 Å². The second-order valence-corrected chi connectivity index (χ2v) is 9.08. The minimum atomic E-state index is -4.00. The van der Waals surface area contributed by atoms with Gasteiger partial charge in [0.05, 0.1) is 19.2 Å². The van der Waals surface area contributed by atoms with Gasteiger partial charge in [0.2, 0.25) is 15.9 Å². The van der Waals surface area contributed by atoms with Crippen LogP contribution in [0.5, 0.6) is 0 Å². The van der Waals surface area contributed by atoms with Crippen LogP contribution in [0.4, 0.5) is 5.69 Å². The van der Waals surface area contributed by atoms with Crippen LogP contribution in [0, 0.1) is 0 Å². The summed E-state index contributed by atoms with van der Waals surface area (Å²) in [6, 6.07) is 15.7. The van der Waals surface area contributed by atoms with E-state index in [4.69, 9.17) is 11.6 Å². The summed E-state index contributed by atoms with van der Waals surface area (Å²) in [5, 5.41) is 3.16. The van der Waals surface area contributed by atoms with Crippen molar-refractivity contribution in [2.75, 3.05) is 19.0 Å². The van der Waals surface area contributed by atoms with E-state index >= 15 is 0 Å². The lowest BCUT2D eigenvalue weighted by Crippen LogP contribution is -2.37. The van der Waals surface area contributed by atoms with E-state index in [-0.39, 0.29) is 11.4 Å². The Kier molecular flexibility index (Phi) is 7.57. The molecule has 0 radical (unpaired) electrons. The molecule has 0 bridgehead atoms. The molecule has 3 rings (SSSR count). The first-order valence-electron chi connectivity index (χ1n) is 9.42. The van der Waals surface area contributed by atoms with Crippen LogP contribution in [-0.2, 0) is 26.1 Å². The van der Waals surface area contributed by atoms with Gasteiger partial charge in [-0.25, -0.2) is 13.2 Å². The van der Waals surface area contributed by atoms with E-state index in [0.29, 0.717) is 21.8 Å². The summed E-state index contributed by atoms with van der Waals surface area (Å²) in [6.45, 7) is -0.471. The molecule has 32 heavy (non-hydrogen) atoms. The van der Waals surface area contributed by atoms with E-state index in [9.17, 15) is 18.0 Å². The minimum absolute atomic E-state index is 0.0239. The quantitative estimate of drug-likeness (QED) is 0.503. The number of sulfonamides is 1. The molecule has 0 aliphatic heterocycles. The van der Waals surface area contributed by atoms with Crippen molar-refractivity contribution < 1.29 is 22.7 Å². The molecule has 1 N–H and O–H groups in total. The van der Waals surface area contributed by atoms with Crippen molar-refractivity contribution in [1.82, 2.24) is 9.29 Å². The van der Waals surface area contributed by atoms with Crippen molar-refractivity contribution in [3.63, 3.8) is 0 Å². The third-order valence-electron chi connectivity index (χ3n) is 4.45. The molecule has 3 aromatic rings. The number of hydrogen-bond acceptors (Lipinski definition) is 6. The summed E-state index contributed by atoms with van der Waals surface area (Å²) in [4.78, 5) is 28.1. The number of ether oxygens (including phenoxy) is 1. The number of aromatic nitrogens is 1. The summed E-state index contributed by atoms with van der Waals surface area (Å²) in [5.41, 5.74) is 1.40. The maximum Gasteiger partial charge on any atom is 0.337 e. The first-order chi connectivity index (χ1) is 15.3. The van der Waals surface area contributed by atoms with Gasteiger partial charge in [0.1, 0.15) is 4.90 Å². The van der Waals surface area contributed by atoms with Crippen LogP contribution in [0.3, 0.4) is 0 Å². The maximum atomic E-state index is 13.2. The van der Waals surface area contributed by atoms with Crippen molar-refractivity contribution in [3.05, 3.63) is 89.2 Å². The average molecular weight is 474 g/mol. The third kappa shape index (κ3) is 5.91. The highest BCUT2D eigenvalue weighted by atomic mass is 35.5. The fraction of sp³-hybridized carbons (Fsp3) is 0.136. The van der Waals surface area contributed by atoms with E-state index in [1.165, 1.54) is 55.9 Å². The van der Waals surface area contributed by atoms with Gasteiger partial charge in [-0.3, -0.25) is 9.78 Å². The number of pyridine rings is 1. The predicted molar refractivity (Wildman–Crippen MR) is 120 cm³/mol. The zero-order valence-corrected chi connectivity index (χ0v) is 18.6. The highest BCUT2D eigenvalue weighted by Gasteiger charge is 2.27. The van der Waals surface area contributed by atoms with Crippen LogP contribution in [0.25, 0.3) is 0 Å². The van der Waals surface area contributed by atoms with E-state index < -0.39 is 28.4 Å². The molecule has 0 fully saturated rings. The lowest BCUT2D eigenvalue weighted by Gasteiger charge is -2.22. The lowest BCUT2D eigenvalue weighted by atomic mass is 10.2. The number of amides is 1. The summed E-state index contributed by atoms with van der Waals surface area (Å²) in [5.74, 6) is -1.04. The number of esters is 1. The Bertz CT molecular complexity index is 1180. The van der Waals surface area contributed by atoms with Crippen LogP contribution >= 0.6 is 11.6 Å². The van der Waals surface area contributed by atoms with Crippen molar-refractivity contribution >= 4 is 39.2 Å². The van der Waals surface area contributed by atoms with Crippen LogP contribution in [0.2, 0.25) is 5.02 Å². The van der Waals surface area contributed by atoms with Gasteiger partial charge in [-0.2, -0.15) is 4.31 Å². The second-order valence-electron chi connectivity index (χ2n) is 6.71. The largest absolute Gasteiger partial charge is 0.465 e. The molecule has 2 aromatic carbocycles. The number of carbonyl (C=O) groups excluding carboxylic acids is 2. The Morgan fingerprint density at radius 3 is 2.34 bits per heavy atom. The second kappa shape index (κ2) is 10.4. The summed E-state index contributed by atoms with van der Waals surface area (Å²) < 4.78 is 32.0. The van der Waals surface area contributed by atoms with Gasteiger partial charge in [-0.15, -0.1) is 0 Å². The van der Waals surface area contributed by atoms with Gasteiger partial charge in [0.15, 0.2) is 0 Å². The van der Waals surface area contributed by atoms with Crippen molar-refractivity contribution in [2.24, 2.45) is 0 Å². The molecule has 8 nitrogen and oxygen atoms in total. The Balaban J connectivity index is 1.80. The van der Waals surface area contributed by atoms with E-state index in [1.54, 1.807) is 24.3 Å². The lowest BCUT2D eigenvalue weighted by molar-refractivity contribution is -0.116. The summed E-state index contributed by atoms with van der Waals surface area (Å²) in [7, 11) is -2.73. The zero-order chi connectivity index (χ0) is 23.1. The summed E-state index contributed by atoms with van der Waals surface area (Å²) in [6.07, 6.45) is 2.70. The third-order valence-corrected chi connectivity index (χ3v) is 6.48. The molecule has 0 spiro atoms. The number of nitrogens with zero attached hydrogens (tertiary/aromatic N) is 2. The molecule has 1 amide bonds. The van der Waals surface area contributed by atoms with Crippen LogP contribution in [-0.4, -0.2) is 43.2 Å². The topological polar surface area (TPSA) is 106 Å². The molecule has 1 aromatic heterocycles. The Morgan fingerprint density at radius 1 is 1.06 bits per heavy atom. The maximum absolute atomic E-state index is 13.2. The van der Waals surface area contributed by atoms with E-state index in [0.717, 1.165) is 4.31 Å². The molecular formula is C22H20ClN3O5S. The number of rotatable bonds is 8. The number of halogens is 1.